The SMILES string of the molecule is COC(=O)C(C)(C)c1nc(Cl)ccc1OC. The van der Waals surface area contributed by atoms with Gasteiger partial charge in [-0.25, -0.2) is 4.98 Å². The molecule has 1 rings (SSSR count). The van der Waals surface area contributed by atoms with Gasteiger partial charge in [0.1, 0.15) is 22.0 Å². The molecule has 0 fully saturated rings. The Bertz CT molecular complexity index is 404. The van der Waals surface area contributed by atoms with E-state index in [1.807, 2.05) is 0 Å². The maximum absolute atomic E-state index is 11.7. The average molecular weight is 244 g/mol. The van der Waals surface area contributed by atoms with Gasteiger partial charge in [0.05, 0.1) is 14.2 Å². The van der Waals surface area contributed by atoms with E-state index in [2.05, 4.69) is 4.98 Å². The topological polar surface area (TPSA) is 48.4 Å². The summed E-state index contributed by atoms with van der Waals surface area (Å²) in [6, 6.07) is 3.28. The third-order valence-corrected chi connectivity index (χ3v) is 2.54. The van der Waals surface area contributed by atoms with Crippen LogP contribution in [0.15, 0.2) is 12.1 Å². The Labute approximate surface area is 99.5 Å². The first kappa shape index (κ1) is 12.8. The van der Waals surface area contributed by atoms with Gasteiger partial charge in [-0.15, -0.1) is 0 Å². The minimum Gasteiger partial charge on any atom is -0.495 e. The maximum Gasteiger partial charge on any atom is 0.317 e. The largest absolute Gasteiger partial charge is 0.495 e. The van der Waals surface area contributed by atoms with Gasteiger partial charge in [0, 0.05) is 0 Å². The van der Waals surface area contributed by atoms with Gasteiger partial charge in [-0.05, 0) is 26.0 Å². The fourth-order valence-electron chi connectivity index (χ4n) is 1.39. The van der Waals surface area contributed by atoms with Gasteiger partial charge in [-0.3, -0.25) is 4.79 Å². The van der Waals surface area contributed by atoms with Crippen molar-refractivity contribution in [3.8, 4) is 5.75 Å². The molecule has 0 bridgehead atoms. The first-order valence-corrected chi connectivity index (χ1v) is 5.10. The summed E-state index contributed by atoms with van der Waals surface area (Å²) in [5.41, 5.74) is -0.431. The second kappa shape index (κ2) is 4.70. The molecule has 4 nitrogen and oxygen atoms in total. The third-order valence-electron chi connectivity index (χ3n) is 2.33. The fraction of sp³-hybridized carbons (Fsp3) is 0.455. The molecule has 0 saturated heterocycles. The van der Waals surface area contributed by atoms with E-state index in [1.54, 1.807) is 26.0 Å². The molecule has 0 aliphatic rings. The zero-order valence-corrected chi connectivity index (χ0v) is 10.5. The number of carbonyl (C=O) groups excluding carboxylic acids is 1. The molecule has 0 spiro atoms. The lowest BCUT2D eigenvalue weighted by molar-refractivity contribution is -0.146. The van der Waals surface area contributed by atoms with Crippen molar-refractivity contribution >= 4 is 17.6 Å². The van der Waals surface area contributed by atoms with Gasteiger partial charge in [-0.1, -0.05) is 11.6 Å². The highest BCUT2D eigenvalue weighted by Gasteiger charge is 2.35. The lowest BCUT2D eigenvalue weighted by atomic mass is 9.88. The molecule has 0 amide bonds. The van der Waals surface area contributed by atoms with Crippen LogP contribution in [0.3, 0.4) is 0 Å². The Hall–Kier alpha value is -1.29. The minimum absolute atomic E-state index is 0.313. The highest BCUT2D eigenvalue weighted by Crippen LogP contribution is 2.31. The first-order chi connectivity index (χ1) is 7.43. The molecule has 0 aliphatic carbocycles. The quantitative estimate of drug-likeness (QED) is 0.603. The lowest BCUT2D eigenvalue weighted by Crippen LogP contribution is -2.31. The van der Waals surface area contributed by atoms with Crippen LogP contribution in [0.5, 0.6) is 5.75 Å². The van der Waals surface area contributed by atoms with E-state index in [4.69, 9.17) is 21.1 Å². The monoisotopic (exact) mass is 243 g/mol. The number of aromatic nitrogens is 1. The third kappa shape index (κ3) is 2.27. The van der Waals surface area contributed by atoms with Gasteiger partial charge >= 0.3 is 5.97 Å². The number of carbonyl (C=O) groups is 1. The maximum atomic E-state index is 11.7. The number of hydrogen-bond acceptors (Lipinski definition) is 4. The summed E-state index contributed by atoms with van der Waals surface area (Å²) in [7, 11) is 2.85. The molecular weight excluding hydrogens is 230 g/mol. The van der Waals surface area contributed by atoms with Crippen LogP contribution < -0.4 is 4.74 Å². The normalized spacial score (nSPS) is 11.1. The molecule has 0 aliphatic heterocycles. The van der Waals surface area contributed by atoms with Gasteiger partial charge in [0.25, 0.3) is 0 Å². The molecular formula is C11H14ClNO3. The van der Waals surface area contributed by atoms with E-state index < -0.39 is 5.41 Å². The smallest absolute Gasteiger partial charge is 0.317 e. The minimum atomic E-state index is -0.898. The van der Waals surface area contributed by atoms with Crippen LogP contribution in [-0.2, 0) is 14.9 Å². The predicted octanol–water partition coefficient (Wildman–Crippen LogP) is 2.19. The molecule has 5 heteroatoms. The molecule has 1 heterocycles. The van der Waals surface area contributed by atoms with Crippen molar-refractivity contribution in [1.82, 2.24) is 4.98 Å². The first-order valence-electron chi connectivity index (χ1n) is 4.73. The number of nitrogens with zero attached hydrogens (tertiary/aromatic N) is 1. The van der Waals surface area contributed by atoms with Crippen LogP contribution in [0.1, 0.15) is 19.5 Å². The van der Waals surface area contributed by atoms with Crippen LogP contribution in [-0.4, -0.2) is 25.2 Å². The Kier molecular flexibility index (Phi) is 3.75. The zero-order valence-electron chi connectivity index (χ0n) is 9.70. The van der Waals surface area contributed by atoms with Gasteiger partial charge in [0.15, 0.2) is 0 Å². The van der Waals surface area contributed by atoms with Gasteiger partial charge in [-0.2, -0.15) is 0 Å². The molecule has 0 saturated carbocycles. The summed E-state index contributed by atoms with van der Waals surface area (Å²) < 4.78 is 9.88. The summed E-state index contributed by atoms with van der Waals surface area (Å²) in [6.45, 7) is 3.42. The Morgan fingerprint density at radius 2 is 2.00 bits per heavy atom. The van der Waals surface area contributed by atoms with E-state index in [0.717, 1.165) is 0 Å². The molecule has 0 unspecified atom stereocenters. The van der Waals surface area contributed by atoms with Crippen molar-refractivity contribution in [3.05, 3.63) is 23.0 Å². The Morgan fingerprint density at radius 1 is 1.38 bits per heavy atom. The molecule has 1 aromatic rings. The van der Waals surface area contributed by atoms with E-state index in [1.165, 1.54) is 14.2 Å². The van der Waals surface area contributed by atoms with E-state index in [-0.39, 0.29) is 5.97 Å². The standard InChI is InChI=1S/C11H14ClNO3/c1-11(2,10(14)16-4)9-7(15-3)5-6-8(12)13-9/h5-6H,1-4H3. The van der Waals surface area contributed by atoms with Crippen molar-refractivity contribution in [1.29, 1.82) is 0 Å². The highest BCUT2D eigenvalue weighted by molar-refractivity contribution is 6.29. The number of rotatable bonds is 3. The van der Waals surface area contributed by atoms with Crippen LogP contribution >= 0.6 is 11.6 Å². The number of esters is 1. The van der Waals surface area contributed by atoms with Gasteiger partial charge in [0.2, 0.25) is 0 Å². The number of methoxy groups -OCH3 is 2. The molecule has 16 heavy (non-hydrogen) atoms. The second-order valence-corrected chi connectivity index (χ2v) is 4.19. The van der Waals surface area contributed by atoms with Crippen LogP contribution in [0.2, 0.25) is 5.15 Å². The molecule has 1 aromatic heterocycles. The van der Waals surface area contributed by atoms with E-state index in [9.17, 15) is 4.79 Å². The summed E-state index contributed by atoms with van der Waals surface area (Å²) >= 11 is 5.81. The lowest BCUT2D eigenvalue weighted by Gasteiger charge is -2.22. The van der Waals surface area contributed by atoms with Crippen molar-refractivity contribution in [2.75, 3.05) is 14.2 Å². The number of pyridine rings is 1. The highest BCUT2D eigenvalue weighted by atomic mass is 35.5. The fourth-order valence-corrected chi connectivity index (χ4v) is 1.53. The molecule has 0 atom stereocenters. The predicted molar refractivity (Wildman–Crippen MR) is 60.8 cm³/mol. The molecule has 0 radical (unpaired) electrons. The summed E-state index contributed by atoms with van der Waals surface area (Å²) in [6.07, 6.45) is 0. The van der Waals surface area contributed by atoms with Crippen LogP contribution in [0, 0.1) is 0 Å². The molecule has 0 aromatic carbocycles. The van der Waals surface area contributed by atoms with Gasteiger partial charge < -0.3 is 9.47 Å². The zero-order chi connectivity index (χ0) is 12.3. The van der Waals surface area contributed by atoms with E-state index in [0.29, 0.717) is 16.6 Å². The Morgan fingerprint density at radius 3 is 2.50 bits per heavy atom. The second-order valence-electron chi connectivity index (χ2n) is 3.80. The van der Waals surface area contributed by atoms with Crippen LogP contribution in [0.4, 0.5) is 0 Å². The van der Waals surface area contributed by atoms with Crippen molar-refractivity contribution < 1.29 is 14.3 Å². The van der Waals surface area contributed by atoms with Crippen molar-refractivity contribution in [3.63, 3.8) is 0 Å². The Balaban J connectivity index is 3.30. The summed E-state index contributed by atoms with van der Waals surface area (Å²) in [4.78, 5) is 15.8. The van der Waals surface area contributed by atoms with Crippen molar-refractivity contribution in [2.45, 2.75) is 19.3 Å². The number of halogens is 1. The molecule has 88 valence electrons. The number of ether oxygens (including phenoxy) is 2. The number of hydrogen-bond donors (Lipinski definition) is 0. The summed E-state index contributed by atoms with van der Waals surface area (Å²) in [5, 5.41) is 0.313. The molecule has 0 N–H and O–H groups in total. The average Bonchev–Trinajstić information content (AvgIpc) is 2.27. The van der Waals surface area contributed by atoms with E-state index >= 15 is 0 Å². The summed E-state index contributed by atoms with van der Waals surface area (Å²) in [5.74, 6) is 0.125. The van der Waals surface area contributed by atoms with Crippen LogP contribution in [0.25, 0.3) is 0 Å². The van der Waals surface area contributed by atoms with Crippen molar-refractivity contribution in [2.24, 2.45) is 0 Å².